The Kier molecular flexibility index (Phi) is 3.36. The maximum absolute atomic E-state index is 4.39. The van der Waals surface area contributed by atoms with Crippen molar-refractivity contribution in [3.8, 4) is 0 Å². The highest BCUT2D eigenvalue weighted by Gasteiger charge is 1.99. The number of thiazole rings is 1. The molecule has 0 aliphatic carbocycles. The molecular formula is C11H14N4S. The van der Waals surface area contributed by atoms with Crippen LogP contribution in [0.5, 0.6) is 0 Å². The van der Waals surface area contributed by atoms with Crippen molar-refractivity contribution in [1.29, 1.82) is 0 Å². The second-order valence-electron chi connectivity index (χ2n) is 3.42. The molecule has 0 radical (unpaired) electrons. The molecule has 0 atom stereocenters. The van der Waals surface area contributed by atoms with Crippen molar-refractivity contribution < 1.29 is 0 Å². The van der Waals surface area contributed by atoms with E-state index >= 15 is 0 Å². The van der Waals surface area contributed by atoms with Crippen molar-refractivity contribution in [2.75, 3.05) is 17.7 Å². The van der Waals surface area contributed by atoms with Crippen molar-refractivity contribution in [3.63, 3.8) is 0 Å². The van der Waals surface area contributed by atoms with E-state index in [2.05, 4.69) is 26.0 Å². The van der Waals surface area contributed by atoms with Crippen LogP contribution in [0.2, 0.25) is 0 Å². The molecule has 0 saturated carbocycles. The SMILES string of the molecule is CNc1cc(NCc2nc(C)cs2)ccn1. The third-order valence-electron chi connectivity index (χ3n) is 2.13. The smallest absolute Gasteiger partial charge is 0.127 e. The second-order valence-corrected chi connectivity index (χ2v) is 4.36. The van der Waals surface area contributed by atoms with Gasteiger partial charge in [-0.15, -0.1) is 11.3 Å². The average Bonchev–Trinajstić information content (AvgIpc) is 2.73. The molecule has 0 aliphatic heterocycles. The number of aromatic nitrogens is 2. The van der Waals surface area contributed by atoms with Crippen LogP contribution in [0.4, 0.5) is 11.5 Å². The molecule has 0 spiro atoms. The van der Waals surface area contributed by atoms with Crippen LogP contribution >= 0.6 is 11.3 Å². The summed E-state index contributed by atoms with van der Waals surface area (Å²) in [5.74, 6) is 0.861. The first-order chi connectivity index (χ1) is 7.78. The van der Waals surface area contributed by atoms with Crippen molar-refractivity contribution in [3.05, 3.63) is 34.4 Å². The Hall–Kier alpha value is -1.62. The molecular weight excluding hydrogens is 220 g/mol. The molecule has 0 aliphatic rings. The number of rotatable bonds is 4. The van der Waals surface area contributed by atoms with Gasteiger partial charge in [-0.2, -0.15) is 0 Å². The molecule has 16 heavy (non-hydrogen) atoms. The summed E-state index contributed by atoms with van der Waals surface area (Å²) in [6.45, 7) is 2.76. The van der Waals surface area contributed by atoms with E-state index < -0.39 is 0 Å². The first kappa shape index (κ1) is 10.9. The highest BCUT2D eigenvalue weighted by atomic mass is 32.1. The molecule has 84 valence electrons. The van der Waals surface area contributed by atoms with Gasteiger partial charge in [0.15, 0.2) is 0 Å². The Morgan fingerprint density at radius 2 is 2.31 bits per heavy atom. The monoisotopic (exact) mass is 234 g/mol. The van der Waals surface area contributed by atoms with Gasteiger partial charge in [-0.25, -0.2) is 9.97 Å². The number of pyridine rings is 1. The van der Waals surface area contributed by atoms with Crippen LogP contribution in [0.25, 0.3) is 0 Å². The Labute approximate surface area is 98.8 Å². The molecule has 0 amide bonds. The van der Waals surface area contributed by atoms with E-state index in [0.717, 1.165) is 28.8 Å². The molecule has 2 N–H and O–H groups in total. The molecule has 0 bridgehead atoms. The predicted molar refractivity (Wildman–Crippen MR) is 68.0 cm³/mol. The van der Waals surface area contributed by atoms with Gasteiger partial charge in [-0.05, 0) is 13.0 Å². The molecule has 0 fully saturated rings. The molecule has 2 rings (SSSR count). The third kappa shape index (κ3) is 2.70. The largest absolute Gasteiger partial charge is 0.378 e. The van der Waals surface area contributed by atoms with E-state index in [-0.39, 0.29) is 0 Å². The summed E-state index contributed by atoms with van der Waals surface area (Å²) in [7, 11) is 1.86. The lowest BCUT2D eigenvalue weighted by Gasteiger charge is -2.05. The fraction of sp³-hybridized carbons (Fsp3) is 0.273. The van der Waals surface area contributed by atoms with E-state index in [9.17, 15) is 0 Å². The van der Waals surface area contributed by atoms with E-state index in [1.807, 2.05) is 26.1 Å². The van der Waals surface area contributed by atoms with Crippen LogP contribution in [-0.2, 0) is 6.54 Å². The van der Waals surface area contributed by atoms with Gasteiger partial charge in [0.25, 0.3) is 0 Å². The summed E-state index contributed by atoms with van der Waals surface area (Å²) < 4.78 is 0. The Morgan fingerprint density at radius 3 is 3.00 bits per heavy atom. The summed E-state index contributed by atoms with van der Waals surface area (Å²) >= 11 is 1.67. The van der Waals surface area contributed by atoms with Crippen LogP contribution in [0.3, 0.4) is 0 Å². The standard InChI is InChI=1S/C11H14N4S/c1-8-7-16-11(15-8)6-14-9-3-4-13-10(5-9)12-2/h3-5,7H,6H2,1-2H3,(H2,12,13,14). The first-order valence-electron chi connectivity index (χ1n) is 5.06. The predicted octanol–water partition coefficient (Wildman–Crippen LogP) is 2.50. The maximum atomic E-state index is 4.39. The van der Waals surface area contributed by atoms with Crippen molar-refractivity contribution in [1.82, 2.24) is 9.97 Å². The van der Waals surface area contributed by atoms with Gasteiger partial charge in [0.05, 0.1) is 6.54 Å². The summed E-state index contributed by atoms with van der Waals surface area (Å²) in [6.07, 6.45) is 1.78. The summed E-state index contributed by atoms with van der Waals surface area (Å²) in [4.78, 5) is 8.55. The number of nitrogens with one attached hydrogen (secondary N) is 2. The van der Waals surface area contributed by atoms with Crippen LogP contribution in [0, 0.1) is 6.92 Å². The summed E-state index contributed by atoms with van der Waals surface area (Å²) in [5, 5.41) is 9.48. The zero-order valence-corrected chi connectivity index (χ0v) is 10.1. The summed E-state index contributed by atoms with van der Waals surface area (Å²) in [5.41, 5.74) is 2.12. The van der Waals surface area contributed by atoms with Crippen molar-refractivity contribution in [2.45, 2.75) is 13.5 Å². The third-order valence-corrected chi connectivity index (χ3v) is 3.09. The zero-order valence-electron chi connectivity index (χ0n) is 9.32. The minimum atomic E-state index is 0.756. The lowest BCUT2D eigenvalue weighted by molar-refractivity contribution is 1.07. The fourth-order valence-corrected chi connectivity index (χ4v) is 2.05. The Balaban J connectivity index is 1.99. The molecule has 0 saturated heterocycles. The Bertz CT molecular complexity index is 467. The molecule has 2 aromatic heterocycles. The summed E-state index contributed by atoms with van der Waals surface area (Å²) in [6, 6.07) is 3.92. The fourth-order valence-electron chi connectivity index (χ4n) is 1.34. The van der Waals surface area contributed by atoms with Gasteiger partial charge in [0.2, 0.25) is 0 Å². The minimum absolute atomic E-state index is 0.756. The van der Waals surface area contributed by atoms with Crippen LogP contribution < -0.4 is 10.6 Å². The zero-order chi connectivity index (χ0) is 11.4. The van der Waals surface area contributed by atoms with Crippen LogP contribution in [0.1, 0.15) is 10.7 Å². The van der Waals surface area contributed by atoms with Gasteiger partial charge in [0.1, 0.15) is 10.8 Å². The number of hydrogen-bond donors (Lipinski definition) is 2. The van der Waals surface area contributed by atoms with Gasteiger partial charge in [0, 0.05) is 36.1 Å². The number of nitrogens with zero attached hydrogens (tertiary/aromatic N) is 2. The van der Waals surface area contributed by atoms with Gasteiger partial charge in [-0.1, -0.05) is 0 Å². The molecule has 5 heteroatoms. The van der Waals surface area contributed by atoms with E-state index in [4.69, 9.17) is 0 Å². The molecule has 0 unspecified atom stereocenters. The number of aryl methyl sites for hydroxylation is 1. The van der Waals surface area contributed by atoms with Gasteiger partial charge >= 0.3 is 0 Å². The highest BCUT2D eigenvalue weighted by Crippen LogP contribution is 2.14. The van der Waals surface area contributed by atoms with Crippen LogP contribution in [0.15, 0.2) is 23.7 Å². The number of anilines is 2. The quantitative estimate of drug-likeness (QED) is 0.853. The molecule has 2 heterocycles. The second kappa shape index (κ2) is 4.94. The average molecular weight is 234 g/mol. The van der Waals surface area contributed by atoms with Crippen molar-refractivity contribution in [2.24, 2.45) is 0 Å². The highest BCUT2D eigenvalue weighted by molar-refractivity contribution is 7.09. The lowest BCUT2D eigenvalue weighted by Crippen LogP contribution is -2.00. The van der Waals surface area contributed by atoms with Gasteiger partial charge in [-0.3, -0.25) is 0 Å². The Morgan fingerprint density at radius 1 is 1.44 bits per heavy atom. The first-order valence-corrected chi connectivity index (χ1v) is 5.94. The number of hydrogen-bond acceptors (Lipinski definition) is 5. The van der Waals surface area contributed by atoms with Crippen LogP contribution in [-0.4, -0.2) is 17.0 Å². The lowest BCUT2D eigenvalue weighted by atomic mass is 10.4. The molecule has 0 aromatic carbocycles. The van der Waals surface area contributed by atoms with Crippen molar-refractivity contribution >= 4 is 22.8 Å². The minimum Gasteiger partial charge on any atom is -0.378 e. The van der Waals surface area contributed by atoms with E-state index in [1.54, 1.807) is 17.5 Å². The topological polar surface area (TPSA) is 49.8 Å². The molecule has 2 aromatic rings. The maximum Gasteiger partial charge on any atom is 0.127 e. The normalized spacial score (nSPS) is 10.1. The van der Waals surface area contributed by atoms with Gasteiger partial charge < -0.3 is 10.6 Å². The van der Waals surface area contributed by atoms with E-state index in [0.29, 0.717) is 0 Å². The van der Waals surface area contributed by atoms with E-state index in [1.165, 1.54) is 0 Å². The molecule has 4 nitrogen and oxygen atoms in total.